The van der Waals surface area contributed by atoms with E-state index in [2.05, 4.69) is 21.5 Å². The lowest BCUT2D eigenvalue weighted by molar-refractivity contribution is -0.384. The number of ether oxygens (including phenoxy) is 1. The minimum absolute atomic E-state index is 0.0902. The predicted octanol–water partition coefficient (Wildman–Crippen LogP) is 2.96. The van der Waals surface area contributed by atoms with Crippen LogP contribution < -0.4 is 5.32 Å². The molecule has 154 valence electrons. The molecule has 0 aliphatic rings. The number of anilines is 1. The number of nitrogens with zero attached hydrogens (tertiary/aromatic N) is 5. The van der Waals surface area contributed by atoms with E-state index < -0.39 is 10.9 Å². The van der Waals surface area contributed by atoms with E-state index in [1.54, 1.807) is 4.52 Å². The second-order valence-corrected chi connectivity index (χ2v) is 6.72. The maximum atomic E-state index is 12.0. The van der Waals surface area contributed by atoms with Crippen LogP contribution in [0, 0.1) is 35.3 Å². The number of rotatable bonds is 7. The number of hydrogen-bond donors (Lipinski definition) is 1. The number of aromatic nitrogens is 3. The second-order valence-electron chi connectivity index (χ2n) is 6.72. The first-order valence-electron chi connectivity index (χ1n) is 9.22. The Labute approximate surface area is 172 Å². The van der Waals surface area contributed by atoms with Gasteiger partial charge in [-0.1, -0.05) is 0 Å². The van der Waals surface area contributed by atoms with Crippen LogP contribution in [0.25, 0.3) is 5.65 Å². The van der Waals surface area contributed by atoms with E-state index in [0.29, 0.717) is 42.0 Å². The molecule has 3 rings (SSSR count). The van der Waals surface area contributed by atoms with Gasteiger partial charge in [-0.15, -0.1) is 0 Å². The van der Waals surface area contributed by atoms with Gasteiger partial charge in [-0.2, -0.15) is 10.4 Å². The van der Waals surface area contributed by atoms with E-state index >= 15 is 0 Å². The number of methoxy groups -OCH3 is 1. The van der Waals surface area contributed by atoms with E-state index in [0.717, 1.165) is 11.4 Å². The van der Waals surface area contributed by atoms with E-state index in [-0.39, 0.29) is 11.3 Å². The van der Waals surface area contributed by atoms with Crippen LogP contribution in [0.5, 0.6) is 0 Å². The molecule has 0 amide bonds. The average Bonchev–Trinajstić information content (AvgIpc) is 3.08. The molecule has 1 aromatic carbocycles. The Morgan fingerprint density at radius 2 is 2.13 bits per heavy atom. The number of hydrogen-bond acceptors (Lipinski definition) is 8. The van der Waals surface area contributed by atoms with Crippen LogP contribution in [0.15, 0.2) is 24.3 Å². The van der Waals surface area contributed by atoms with E-state index in [9.17, 15) is 20.2 Å². The number of esters is 1. The van der Waals surface area contributed by atoms with Crippen molar-refractivity contribution in [3.05, 3.63) is 62.6 Å². The highest BCUT2D eigenvalue weighted by Crippen LogP contribution is 2.23. The molecule has 10 heteroatoms. The molecule has 0 radical (unpaired) electrons. The monoisotopic (exact) mass is 408 g/mol. The lowest BCUT2D eigenvalue weighted by atomic mass is 10.1. The van der Waals surface area contributed by atoms with E-state index in [1.807, 2.05) is 19.9 Å². The van der Waals surface area contributed by atoms with Gasteiger partial charge in [0, 0.05) is 35.8 Å². The molecule has 0 saturated heterocycles. The molecule has 30 heavy (non-hydrogen) atoms. The Morgan fingerprint density at radius 3 is 2.80 bits per heavy atom. The topological polar surface area (TPSA) is 135 Å². The Kier molecular flexibility index (Phi) is 5.92. The van der Waals surface area contributed by atoms with Gasteiger partial charge in [0.25, 0.3) is 5.69 Å². The summed E-state index contributed by atoms with van der Waals surface area (Å²) in [5, 5.41) is 28.1. The molecule has 3 aromatic rings. The molecular weight excluding hydrogens is 388 g/mol. The summed E-state index contributed by atoms with van der Waals surface area (Å²) in [7, 11) is 1.22. The number of fused-ring (bicyclic) bond motifs is 1. The molecule has 1 N–H and O–H groups in total. The zero-order valence-corrected chi connectivity index (χ0v) is 16.8. The lowest BCUT2D eigenvalue weighted by Gasteiger charge is -2.10. The summed E-state index contributed by atoms with van der Waals surface area (Å²) in [5.41, 5.74) is 3.70. The van der Waals surface area contributed by atoms with Crippen LogP contribution in [0.2, 0.25) is 0 Å². The number of benzene rings is 1. The van der Waals surface area contributed by atoms with E-state index in [1.165, 1.54) is 25.3 Å². The molecule has 0 spiro atoms. The first-order valence-corrected chi connectivity index (χ1v) is 9.22. The number of carbonyl (C=O) groups is 1. The molecular formula is C20H20N6O4. The van der Waals surface area contributed by atoms with Gasteiger partial charge in [-0.05, 0) is 38.8 Å². The number of nitro benzene ring substituents is 1. The minimum Gasteiger partial charge on any atom is -0.465 e. The SMILES string of the molecule is COC(=O)c1cc([N+](=O)[O-])ccc1NCCCc1nn2c(C)cc(C)nc2c1C#N. The van der Waals surface area contributed by atoms with Crippen LogP contribution in [0.3, 0.4) is 0 Å². The summed E-state index contributed by atoms with van der Waals surface area (Å²) in [4.78, 5) is 26.8. The average molecular weight is 408 g/mol. The van der Waals surface area contributed by atoms with Gasteiger partial charge in [0.2, 0.25) is 0 Å². The third-order valence-electron chi connectivity index (χ3n) is 4.60. The number of carbonyl (C=O) groups excluding carboxylic acids is 1. The quantitative estimate of drug-likeness (QED) is 0.273. The van der Waals surface area contributed by atoms with Crippen LogP contribution in [-0.4, -0.2) is 39.1 Å². The first kappa shape index (κ1) is 20.7. The van der Waals surface area contributed by atoms with Crippen molar-refractivity contribution in [2.45, 2.75) is 26.7 Å². The third-order valence-corrected chi connectivity index (χ3v) is 4.60. The lowest BCUT2D eigenvalue weighted by Crippen LogP contribution is -2.10. The highest BCUT2D eigenvalue weighted by molar-refractivity contribution is 5.96. The summed E-state index contributed by atoms with van der Waals surface area (Å²) in [6.07, 6.45) is 1.15. The van der Waals surface area contributed by atoms with E-state index in [4.69, 9.17) is 4.74 Å². The molecule has 0 saturated carbocycles. The molecule has 0 aliphatic heterocycles. The Balaban J connectivity index is 1.74. The molecule has 0 bridgehead atoms. The minimum atomic E-state index is -0.662. The van der Waals surface area contributed by atoms with Crippen molar-refractivity contribution in [1.29, 1.82) is 5.26 Å². The van der Waals surface area contributed by atoms with Gasteiger partial charge in [-0.25, -0.2) is 14.3 Å². The third kappa shape index (κ3) is 4.05. The summed E-state index contributed by atoms with van der Waals surface area (Å²) in [6.45, 7) is 4.24. The maximum absolute atomic E-state index is 12.0. The zero-order valence-electron chi connectivity index (χ0n) is 16.8. The van der Waals surface area contributed by atoms with Gasteiger partial charge in [-0.3, -0.25) is 10.1 Å². The Bertz CT molecular complexity index is 1180. The number of nitro groups is 1. The fraction of sp³-hybridized carbons (Fsp3) is 0.300. The second kappa shape index (κ2) is 8.57. The molecule has 2 aromatic heterocycles. The maximum Gasteiger partial charge on any atom is 0.340 e. The highest BCUT2D eigenvalue weighted by atomic mass is 16.6. The fourth-order valence-corrected chi connectivity index (χ4v) is 3.21. The molecule has 0 atom stereocenters. The van der Waals surface area contributed by atoms with Crippen molar-refractivity contribution in [3.8, 4) is 6.07 Å². The molecule has 0 fully saturated rings. The smallest absolute Gasteiger partial charge is 0.340 e. The van der Waals surface area contributed by atoms with Crippen LogP contribution in [0.1, 0.15) is 39.4 Å². The number of non-ortho nitro benzene ring substituents is 1. The van der Waals surface area contributed by atoms with Gasteiger partial charge >= 0.3 is 5.97 Å². The first-order chi connectivity index (χ1) is 14.3. The summed E-state index contributed by atoms with van der Waals surface area (Å²) < 4.78 is 6.38. The summed E-state index contributed by atoms with van der Waals surface area (Å²) in [5.74, 6) is -0.662. The standard InChI is InChI=1S/C20H20N6O4/c1-12-9-13(2)25-19(23-12)16(11-21)18(24-25)5-4-8-22-17-7-6-14(26(28)29)10-15(17)20(27)30-3/h6-7,9-10,22H,4-5,8H2,1-3H3. The molecule has 0 unspecified atom stereocenters. The van der Waals surface area contributed by atoms with Crippen molar-refractivity contribution in [3.63, 3.8) is 0 Å². The molecule has 2 heterocycles. The van der Waals surface area contributed by atoms with Crippen LogP contribution in [-0.2, 0) is 11.2 Å². The molecule has 0 aliphatic carbocycles. The van der Waals surface area contributed by atoms with Gasteiger partial charge in [0.05, 0.1) is 23.3 Å². The Morgan fingerprint density at radius 1 is 1.37 bits per heavy atom. The Hall–Kier alpha value is -4.00. The van der Waals surface area contributed by atoms with Crippen molar-refractivity contribution >= 4 is 23.0 Å². The number of aryl methyl sites for hydroxylation is 3. The van der Waals surface area contributed by atoms with Crippen molar-refractivity contribution < 1.29 is 14.5 Å². The normalized spacial score (nSPS) is 10.6. The van der Waals surface area contributed by atoms with Gasteiger partial charge in [0.15, 0.2) is 5.65 Å². The van der Waals surface area contributed by atoms with Crippen molar-refractivity contribution in [1.82, 2.24) is 14.6 Å². The summed E-state index contributed by atoms with van der Waals surface area (Å²) in [6, 6.07) is 8.07. The molecule has 10 nitrogen and oxygen atoms in total. The number of nitriles is 1. The fourth-order valence-electron chi connectivity index (χ4n) is 3.21. The van der Waals surface area contributed by atoms with Gasteiger partial charge in [0.1, 0.15) is 11.6 Å². The predicted molar refractivity (Wildman–Crippen MR) is 108 cm³/mol. The largest absolute Gasteiger partial charge is 0.465 e. The van der Waals surface area contributed by atoms with Crippen LogP contribution >= 0.6 is 0 Å². The van der Waals surface area contributed by atoms with Crippen molar-refractivity contribution in [2.75, 3.05) is 19.0 Å². The van der Waals surface area contributed by atoms with Crippen molar-refractivity contribution in [2.24, 2.45) is 0 Å². The summed E-state index contributed by atoms with van der Waals surface area (Å²) >= 11 is 0. The highest BCUT2D eigenvalue weighted by Gasteiger charge is 2.18. The number of nitrogens with one attached hydrogen (secondary N) is 1. The zero-order chi connectivity index (χ0) is 21.8. The van der Waals surface area contributed by atoms with Gasteiger partial charge < -0.3 is 10.1 Å². The van der Waals surface area contributed by atoms with Crippen LogP contribution in [0.4, 0.5) is 11.4 Å².